The molecule has 0 unspecified atom stereocenters. The molecule has 1 amide bonds. The molecule has 0 saturated carbocycles. The molecule has 36 heavy (non-hydrogen) atoms. The fraction of sp³-hybridized carbons (Fsp3) is 0.893. The second kappa shape index (κ2) is 22.7. The summed E-state index contributed by atoms with van der Waals surface area (Å²) in [5, 5.41) is 12.0. The molecule has 0 aromatic heterocycles. The van der Waals surface area contributed by atoms with Crippen molar-refractivity contribution in [2.45, 2.75) is 147 Å². The molecule has 8 nitrogen and oxygen atoms in total. The van der Waals surface area contributed by atoms with Gasteiger partial charge in [-0.25, -0.2) is 4.79 Å². The van der Waals surface area contributed by atoms with Crippen LogP contribution in [0.3, 0.4) is 0 Å². The summed E-state index contributed by atoms with van der Waals surface area (Å²) in [6.07, 6.45) is 18.8. The lowest BCUT2D eigenvalue weighted by Gasteiger charge is -2.28. The van der Waals surface area contributed by atoms with Crippen LogP contribution in [0.5, 0.6) is 0 Å². The quantitative estimate of drug-likeness (QED) is 0.0838. The van der Waals surface area contributed by atoms with Gasteiger partial charge in [0.1, 0.15) is 6.04 Å². The van der Waals surface area contributed by atoms with Crippen LogP contribution in [0.1, 0.15) is 135 Å². The fourth-order valence-electron chi connectivity index (χ4n) is 4.49. The molecule has 0 rings (SSSR count). The number of carbonyl (C=O) groups is 3. The number of nitrogens with one attached hydrogen (secondary N) is 1. The average molecular weight is 513 g/mol. The van der Waals surface area contributed by atoms with Gasteiger partial charge in [-0.05, 0) is 58.0 Å². The molecule has 8 heteroatoms. The molecule has 0 aliphatic carbocycles. The average Bonchev–Trinajstić information content (AvgIpc) is 2.85. The van der Waals surface area contributed by atoms with Gasteiger partial charge in [0.2, 0.25) is 5.91 Å². The summed E-state index contributed by atoms with van der Waals surface area (Å²) in [7, 11) is 0. The largest absolute Gasteiger partial charge is 0.480 e. The lowest BCUT2D eigenvalue weighted by Crippen LogP contribution is -2.62. The predicted molar refractivity (Wildman–Crippen MR) is 148 cm³/mol. The van der Waals surface area contributed by atoms with E-state index in [1.807, 2.05) is 0 Å². The van der Waals surface area contributed by atoms with Crippen molar-refractivity contribution >= 4 is 17.7 Å². The van der Waals surface area contributed by atoms with Gasteiger partial charge in [0, 0.05) is 6.42 Å². The van der Waals surface area contributed by atoms with E-state index in [1.165, 1.54) is 57.8 Å². The van der Waals surface area contributed by atoms with Crippen molar-refractivity contribution in [3.63, 3.8) is 0 Å². The highest BCUT2D eigenvalue weighted by atomic mass is 16.4. The number of hydrogen-bond donors (Lipinski definition) is 5. The van der Waals surface area contributed by atoms with Gasteiger partial charge in [0.25, 0.3) is 0 Å². The molecule has 0 heterocycles. The Kier molecular flexibility index (Phi) is 21.7. The smallest absolute Gasteiger partial charge is 0.326 e. The minimum atomic E-state index is -1.71. The van der Waals surface area contributed by atoms with Gasteiger partial charge in [-0.3, -0.25) is 9.59 Å². The van der Waals surface area contributed by atoms with E-state index in [0.29, 0.717) is 45.2 Å². The zero-order valence-corrected chi connectivity index (χ0v) is 23.0. The second-order valence-corrected chi connectivity index (χ2v) is 10.3. The van der Waals surface area contributed by atoms with Gasteiger partial charge in [0.15, 0.2) is 11.3 Å². The standard InChI is InChI=1S/C28H56N4O4/c1-2-3-4-5-6-7-8-9-10-11-12-13-14-20-25(33)28(31,21-16-18-23-30)27(36)32-24(26(34)35)19-15-17-22-29/h24H,2-23,29-31H2,1H3,(H,32,36)(H,34,35)/t24-,28+/m0/s1. The second-order valence-electron chi connectivity index (χ2n) is 10.3. The van der Waals surface area contributed by atoms with Gasteiger partial charge in [-0.1, -0.05) is 84.0 Å². The van der Waals surface area contributed by atoms with Gasteiger partial charge < -0.3 is 27.6 Å². The van der Waals surface area contributed by atoms with Crippen molar-refractivity contribution in [3.8, 4) is 0 Å². The normalized spacial score (nSPS) is 13.8. The van der Waals surface area contributed by atoms with Crippen LogP contribution >= 0.6 is 0 Å². The number of ketones is 1. The number of nitrogens with two attached hydrogens (primary N) is 3. The Morgan fingerprint density at radius 2 is 1.19 bits per heavy atom. The number of carboxylic acids is 1. The van der Waals surface area contributed by atoms with Crippen LogP contribution in [0.2, 0.25) is 0 Å². The number of Topliss-reactive ketones (excluding diaryl/α,β-unsaturated/α-hetero) is 1. The fourth-order valence-corrected chi connectivity index (χ4v) is 4.49. The summed E-state index contributed by atoms with van der Waals surface area (Å²) in [5.74, 6) is -2.14. The summed E-state index contributed by atoms with van der Waals surface area (Å²) in [4.78, 5) is 37.6. The third kappa shape index (κ3) is 16.3. The van der Waals surface area contributed by atoms with Crippen molar-refractivity contribution in [2.24, 2.45) is 17.2 Å². The molecular formula is C28H56N4O4. The highest BCUT2D eigenvalue weighted by molar-refractivity contribution is 6.11. The van der Waals surface area contributed by atoms with Crippen molar-refractivity contribution < 1.29 is 19.5 Å². The third-order valence-electron chi connectivity index (χ3n) is 6.99. The van der Waals surface area contributed by atoms with Crippen molar-refractivity contribution in [2.75, 3.05) is 13.1 Å². The molecule has 0 bridgehead atoms. The first kappa shape index (κ1) is 34.5. The number of unbranched alkanes of at least 4 members (excludes halogenated alkanes) is 14. The first-order chi connectivity index (χ1) is 17.3. The molecule has 212 valence electrons. The van der Waals surface area contributed by atoms with Crippen LogP contribution in [0.15, 0.2) is 0 Å². The molecule has 2 atom stereocenters. The minimum Gasteiger partial charge on any atom is -0.480 e. The Balaban J connectivity index is 4.46. The summed E-state index contributed by atoms with van der Waals surface area (Å²) >= 11 is 0. The summed E-state index contributed by atoms with van der Waals surface area (Å²) in [5.41, 5.74) is 15.7. The van der Waals surface area contributed by atoms with E-state index in [9.17, 15) is 19.5 Å². The number of carbonyl (C=O) groups excluding carboxylic acids is 2. The van der Waals surface area contributed by atoms with E-state index in [4.69, 9.17) is 17.2 Å². The van der Waals surface area contributed by atoms with Crippen molar-refractivity contribution in [1.29, 1.82) is 0 Å². The van der Waals surface area contributed by atoms with E-state index in [-0.39, 0.29) is 25.0 Å². The van der Waals surface area contributed by atoms with Crippen LogP contribution in [0.25, 0.3) is 0 Å². The molecule has 0 aromatic rings. The van der Waals surface area contributed by atoms with Crippen molar-refractivity contribution in [3.05, 3.63) is 0 Å². The molecule has 0 saturated heterocycles. The van der Waals surface area contributed by atoms with Gasteiger partial charge in [-0.2, -0.15) is 0 Å². The Morgan fingerprint density at radius 3 is 1.67 bits per heavy atom. The van der Waals surface area contributed by atoms with E-state index < -0.39 is 23.5 Å². The highest BCUT2D eigenvalue weighted by Gasteiger charge is 2.41. The molecule has 0 fully saturated rings. The summed E-state index contributed by atoms with van der Waals surface area (Å²) < 4.78 is 0. The number of aliphatic carboxylic acids is 1. The maximum Gasteiger partial charge on any atom is 0.326 e. The maximum absolute atomic E-state index is 13.0. The number of hydrogen-bond acceptors (Lipinski definition) is 6. The van der Waals surface area contributed by atoms with E-state index in [2.05, 4.69) is 12.2 Å². The summed E-state index contributed by atoms with van der Waals surface area (Å²) in [6.45, 7) is 3.14. The summed E-state index contributed by atoms with van der Waals surface area (Å²) in [6, 6.07) is -1.08. The van der Waals surface area contributed by atoms with Crippen LogP contribution in [0, 0.1) is 0 Å². The molecular weight excluding hydrogens is 456 g/mol. The van der Waals surface area contributed by atoms with E-state index in [1.54, 1.807) is 0 Å². The lowest BCUT2D eigenvalue weighted by atomic mass is 9.85. The molecule has 0 aromatic carbocycles. The van der Waals surface area contributed by atoms with Crippen LogP contribution in [-0.2, 0) is 14.4 Å². The lowest BCUT2D eigenvalue weighted by molar-refractivity contribution is -0.145. The molecule has 8 N–H and O–H groups in total. The predicted octanol–water partition coefficient (Wildman–Crippen LogP) is 4.56. The number of amides is 1. The Hall–Kier alpha value is -1.51. The molecule has 0 aliphatic heterocycles. The monoisotopic (exact) mass is 512 g/mol. The van der Waals surface area contributed by atoms with Crippen LogP contribution in [0.4, 0.5) is 0 Å². The van der Waals surface area contributed by atoms with E-state index in [0.717, 1.165) is 19.3 Å². The molecule has 0 radical (unpaired) electrons. The molecule has 0 spiro atoms. The van der Waals surface area contributed by atoms with Gasteiger partial charge >= 0.3 is 5.97 Å². The Morgan fingerprint density at radius 1 is 0.722 bits per heavy atom. The first-order valence-electron chi connectivity index (χ1n) is 14.6. The van der Waals surface area contributed by atoms with Crippen molar-refractivity contribution in [1.82, 2.24) is 5.32 Å². The number of carboxylic acid groups (broad SMARTS) is 1. The first-order valence-corrected chi connectivity index (χ1v) is 14.6. The van der Waals surface area contributed by atoms with E-state index >= 15 is 0 Å². The van der Waals surface area contributed by atoms with Crippen LogP contribution < -0.4 is 22.5 Å². The molecule has 0 aliphatic rings. The Labute approximate surface area is 219 Å². The van der Waals surface area contributed by atoms with Gasteiger partial charge in [0.05, 0.1) is 0 Å². The maximum atomic E-state index is 13.0. The zero-order chi connectivity index (χ0) is 27.1. The number of rotatable bonds is 26. The highest BCUT2D eigenvalue weighted by Crippen LogP contribution is 2.19. The zero-order valence-electron chi connectivity index (χ0n) is 23.0. The van der Waals surface area contributed by atoms with Gasteiger partial charge in [-0.15, -0.1) is 0 Å². The Bertz CT molecular complexity index is 588. The minimum absolute atomic E-state index is 0.169. The van der Waals surface area contributed by atoms with Crippen LogP contribution in [-0.4, -0.2) is 47.4 Å². The SMILES string of the molecule is CCCCCCCCCCCCCCCC(=O)[C@](N)(CCCCN)C(=O)N[C@@H](CCCCN)C(=O)O. The topological polar surface area (TPSA) is 162 Å². The third-order valence-corrected chi connectivity index (χ3v) is 6.99.